The first-order valence-electron chi connectivity index (χ1n) is 6.22. The lowest BCUT2D eigenvalue weighted by atomic mass is 10.2. The second-order valence-electron chi connectivity index (χ2n) is 4.19. The Hall–Kier alpha value is -2.47. The van der Waals surface area contributed by atoms with Crippen molar-refractivity contribution in [2.24, 2.45) is 5.10 Å². The van der Waals surface area contributed by atoms with Crippen molar-refractivity contribution in [3.8, 4) is 5.88 Å². The van der Waals surface area contributed by atoms with Crippen molar-refractivity contribution in [1.82, 2.24) is 9.97 Å². The molecular weight excluding hydrogens is 256 g/mol. The molecule has 1 aromatic heterocycles. The second kappa shape index (κ2) is 6.63. The van der Waals surface area contributed by atoms with Crippen LogP contribution in [0.3, 0.4) is 0 Å². The number of hydrogen-bond donors (Lipinski definition) is 3. The minimum Gasteiger partial charge on any atom is -0.493 e. The van der Waals surface area contributed by atoms with Gasteiger partial charge < -0.3 is 10.2 Å². The van der Waals surface area contributed by atoms with Crippen LogP contribution in [0.15, 0.2) is 35.4 Å². The summed E-state index contributed by atoms with van der Waals surface area (Å²) in [6.07, 6.45) is 1.96. The van der Waals surface area contributed by atoms with E-state index in [2.05, 4.69) is 20.5 Å². The van der Waals surface area contributed by atoms with Gasteiger partial charge in [-0.1, -0.05) is 30.3 Å². The number of aromatic nitrogens is 2. The number of aromatic hydroxyl groups is 1. The molecule has 0 unspecified atom stereocenters. The van der Waals surface area contributed by atoms with Gasteiger partial charge >= 0.3 is 0 Å². The van der Waals surface area contributed by atoms with Crippen LogP contribution in [-0.4, -0.2) is 33.0 Å². The molecule has 0 saturated heterocycles. The molecule has 0 spiro atoms. The maximum Gasteiger partial charge on any atom is 0.247 e. The number of anilines is 1. The van der Waals surface area contributed by atoms with E-state index in [9.17, 15) is 5.11 Å². The van der Waals surface area contributed by atoms with Crippen LogP contribution >= 0.6 is 0 Å². The molecule has 0 amide bonds. The first-order valence-corrected chi connectivity index (χ1v) is 6.22. The summed E-state index contributed by atoms with van der Waals surface area (Å²) in [4.78, 5) is 8.07. The standard InChI is InChI=1S/C14H16N4O2/c1-10-12(7-8-19)13(20)17-14(16-10)18-15-9-11-5-3-2-4-6-11/h2-6,9,19H,7-8H2,1H3,(H2,16,17,18,20). The number of aliphatic hydroxyl groups excluding tert-OH is 1. The van der Waals surface area contributed by atoms with Crippen molar-refractivity contribution in [1.29, 1.82) is 0 Å². The highest BCUT2D eigenvalue weighted by atomic mass is 16.3. The highest BCUT2D eigenvalue weighted by molar-refractivity contribution is 5.79. The van der Waals surface area contributed by atoms with Crippen LogP contribution in [0, 0.1) is 6.92 Å². The number of aliphatic hydroxyl groups is 1. The molecule has 0 aliphatic heterocycles. The Kier molecular flexibility index (Phi) is 4.62. The van der Waals surface area contributed by atoms with Gasteiger partial charge in [0.2, 0.25) is 11.8 Å². The van der Waals surface area contributed by atoms with Crippen LogP contribution in [0.1, 0.15) is 16.8 Å². The topological polar surface area (TPSA) is 90.6 Å². The Morgan fingerprint density at radius 2 is 2.00 bits per heavy atom. The van der Waals surface area contributed by atoms with E-state index >= 15 is 0 Å². The van der Waals surface area contributed by atoms with Crippen molar-refractivity contribution in [3.05, 3.63) is 47.2 Å². The molecule has 6 nitrogen and oxygen atoms in total. The number of benzene rings is 1. The predicted molar refractivity (Wildman–Crippen MR) is 76.9 cm³/mol. The zero-order valence-corrected chi connectivity index (χ0v) is 11.1. The monoisotopic (exact) mass is 272 g/mol. The highest BCUT2D eigenvalue weighted by Crippen LogP contribution is 2.19. The Labute approximate surface area is 116 Å². The van der Waals surface area contributed by atoms with Crippen molar-refractivity contribution >= 4 is 12.2 Å². The number of aryl methyl sites for hydroxylation is 1. The van der Waals surface area contributed by atoms with Crippen molar-refractivity contribution in [2.45, 2.75) is 13.3 Å². The second-order valence-corrected chi connectivity index (χ2v) is 4.19. The minimum absolute atomic E-state index is 0.0588. The molecule has 20 heavy (non-hydrogen) atoms. The molecule has 0 fully saturated rings. The third-order valence-corrected chi connectivity index (χ3v) is 2.73. The van der Waals surface area contributed by atoms with Crippen LogP contribution in [0.25, 0.3) is 0 Å². The van der Waals surface area contributed by atoms with E-state index in [1.54, 1.807) is 13.1 Å². The van der Waals surface area contributed by atoms with E-state index in [0.717, 1.165) is 5.56 Å². The summed E-state index contributed by atoms with van der Waals surface area (Å²) < 4.78 is 0. The number of hydrazone groups is 1. The number of hydrogen-bond acceptors (Lipinski definition) is 6. The van der Waals surface area contributed by atoms with Crippen LogP contribution in [0.4, 0.5) is 5.95 Å². The van der Waals surface area contributed by atoms with Gasteiger partial charge in [0.15, 0.2) is 0 Å². The zero-order chi connectivity index (χ0) is 14.4. The van der Waals surface area contributed by atoms with Gasteiger partial charge in [0.25, 0.3) is 0 Å². The molecule has 0 bridgehead atoms. The molecule has 0 saturated carbocycles. The van der Waals surface area contributed by atoms with Crippen molar-refractivity contribution < 1.29 is 10.2 Å². The molecule has 3 N–H and O–H groups in total. The summed E-state index contributed by atoms with van der Waals surface area (Å²) in [5, 5.41) is 22.7. The summed E-state index contributed by atoms with van der Waals surface area (Å²) in [5.74, 6) is 0.0813. The van der Waals surface area contributed by atoms with Crippen LogP contribution in [-0.2, 0) is 6.42 Å². The molecule has 6 heteroatoms. The van der Waals surface area contributed by atoms with Crippen molar-refractivity contribution in [3.63, 3.8) is 0 Å². The van der Waals surface area contributed by atoms with Gasteiger partial charge in [0.05, 0.1) is 11.9 Å². The van der Waals surface area contributed by atoms with Crippen LogP contribution in [0.5, 0.6) is 5.88 Å². The highest BCUT2D eigenvalue weighted by Gasteiger charge is 2.09. The molecule has 2 rings (SSSR count). The Morgan fingerprint density at radius 1 is 1.25 bits per heavy atom. The molecule has 0 atom stereocenters. The maximum absolute atomic E-state index is 9.77. The molecular formula is C14H16N4O2. The minimum atomic E-state index is -0.135. The summed E-state index contributed by atoms with van der Waals surface area (Å²) in [5.41, 5.74) is 4.77. The fourth-order valence-electron chi connectivity index (χ4n) is 1.74. The van der Waals surface area contributed by atoms with Gasteiger partial charge in [-0.3, -0.25) is 0 Å². The zero-order valence-electron chi connectivity index (χ0n) is 11.1. The van der Waals surface area contributed by atoms with Gasteiger partial charge in [0, 0.05) is 18.6 Å². The van der Waals surface area contributed by atoms with Gasteiger partial charge in [-0.2, -0.15) is 10.1 Å². The first kappa shape index (κ1) is 14.0. The molecule has 1 aromatic carbocycles. The smallest absolute Gasteiger partial charge is 0.247 e. The van der Waals surface area contributed by atoms with Crippen LogP contribution < -0.4 is 5.43 Å². The average Bonchev–Trinajstić information content (AvgIpc) is 2.44. The molecule has 0 radical (unpaired) electrons. The van der Waals surface area contributed by atoms with E-state index in [1.165, 1.54) is 0 Å². The Balaban J connectivity index is 2.09. The van der Waals surface area contributed by atoms with Gasteiger partial charge in [-0.15, -0.1) is 0 Å². The predicted octanol–water partition coefficient (Wildman–Crippen LogP) is 1.47. The lowest BCUT2D eigenvalue weighted by Gasteiger charge is -2.07. The summed E-state index contributed by atoms with van der Waals surface area (Å²) in [6.45, 7) is 1.69. The normalized spacial score (nSPS) is 10.9. The SMILES string of the molecule is Cc1nc(NN=Cc2ccccc2)nc(O)c1CCO. The van der Waals surface area contributed by atoms with Gasteiger partial charge in [0.1, 0.15) is 0 Å². The lowest BCUT2D eigenvalue weighted by molar-refractivity contribution is 0.296. The van der Waals surface area contributed by atoms with E-state index in [1.807, 2.05) is 30.3 Å². The molecule has 0 aliphatic carbocycles. The fourth-order valence-corrected chi connectivity index (χ4v) is 1.74. The summed E-state index contributed by atoms with van der Waals surface area (Å²) in [7, 11) is 0. The fraction of sp³-hybridized carbons (Fsp3) is 0.214. The summed E-state index contributed by atoms with van der Waals surface area (Å²) in [6, 6.07) is 9.59. The van der Waals surface area contributed by atoms with E-state index < -0.39 is 0 Å². The van der Waals surface area contributed by atoms with Crippen molar-refractivity contribution in [2.75, 3.05) is 12.0 Å². The van der Waals surface area contributed by atoms with Crippen LogP contribution in [0.2, 0.25) is 0 Å². The largest absolute Gasteiger partial charge is 0.493 e. The number of nitrogens with zero attached hydrogens (tertiary/aromatic N) is 3. The third kappa shape index (κ3) is 3.52. The molecule has 104 valence electrons. The Morgan fingerprint density at radius 3 is 2.65 bits per heavy atom. The third-order valence-electron chi connectivity index (χ3n) is 2.73. The summed E-state index contributed by atoms with van der Waals surface area (Å²) >= 11 is 0. The number of rotatable bonds is 5. The maximum atomic E-state index is 9.77. The molecule has 0 aliphatic rings. The van der Waals surface area contributed by atoms with E-state index in [0.29, 0.717) is 17.7 Å². The van der Waals surface area contributed by atoms with Gasteiger partial charge in [-0.25, -0.2) is 10.4 Å². The van der Waals surface area contributed by atoms with E-state index in [4.69, 9.17) is 5.11 Å². The first-order chi connectivity index (χ1) is 9.70. The molecule has 2 aromatic rings. The van der Waals surface area contributed by atoms with E-state index in [-0.39, 0.29) is 18.4 Å². The lowest BCUT2D eigenvalue weighted by Crippen LogP contribution is -2.04. The van der Waals surface area contributed by atoms with Gasteiger partial charge in [-0.05, 0) is 12.5 Å². The quantitative estimate of drug-likeness (QED) is 0.566. The Bertz CT molecular complexity index is 576. The average molecular weight is 272 g/mol. The molecule has 1 heterocycles. The number of nitrogens with one attached hydrogen (secondary N) is 1.